The van der Waals surface area contributed by atoms with Gasteiger partial charge in [0.2, 0.25) is 5.91 Å². The Morgan fingerprint density at radius 1 is 1.42 bits per heavy atom. The van der Waals surface area contributed by atoms with Crippen molar-refractivity contribution in [2.45, 2.75) is 18.1 Å². The highest BCUT2D eigenvalue weighted by atomic mass is 35.5. The molecule has 1 unspecified atom stereocenters. The van der Waals surface area contributed by atoms with Crippen molar-refractivity contribution >= 4 is 27.3 Å². The van der Waals surface area contributed by atoms with Gasteiger partial charge in [0.1, 0.15) is 0 Å². The minimum Gasteiger partial charge on any atom is -0.341 e. The molecule has 0 bridgehead atoms. The van der Waals surface area contributed by atoms with E-state index < -0.39 is 15.1 Å². The maximum atomic E-state index is 12.1. The molecule has 1 amide bonds. The van der Waals surface area contributed by atoms with Crippen molar-refractivity contribution in [2.24, 2.45) is 0 Å². The van der Waals surface area contributed by atoms with Crippen molar-refractivity contribution in [3.63, 3.8) is 0 Å². The summed E-state index contributed by atoms with van der Waals surface area (Å²) in [5, 5.41) is 0.136. The van der Waals surface area contributed by atoms with Gasteiger partial charge in [-0.1, -0.05) is 29.8 Å². The summed E-state index contributed by atoms with van der Waals surface area (Å²) in [6.45, 7) is 0.795. The van der Waals surface area contributed by atoms with Crippen LogP contribution in [0.3, 0.4) is 0 Å². The summed E-state index contributed by atoms with van der Waals surface area (Å²) in [4.78, 5) is 13.7. The second-order valence-electron chi connectivity index (χ2n) is 4.85. The topological polar surface area (TPSA) is 54.5 Å². The number of hydrogen-bond donors (Lipinski definition) is 0. The van der Waals surface area contributed by atoms with Gasteiger partial charge in [0.15, 0.2) is 9.84 Å². The molecule has 1 aromatic rings. The molecule has 6 heteroatoms. The van der Waals surface area contributed by atoms with Crippen LogP contribution >= 0.6 is 11.6 Å². The quantitative estimate of drug-likeness (QED) is 0.851. The Hall–Kier alpha value is -1.07. The van der Waals surface area contributed by atoms with Crippen LogP contribution in [0, 0.1) is 0 Å². The molecule has 4 nitrogen and oxygen atoms in total. The van der Waals surface area contributed by atoms with Crippen LogP contribution in [0.15, 0.2) is 24.3 Å². The smallest absolute Gasteiger partial charge is 0.227 e. The molecular formula is C13H16ClNO3S. The van der Waals surface area contributed by atoms with Crippen LogP contribution in [0.25, 0.3) is 0 Å². The van der Waals surface area contributed by atoms with Gasteiger partial charge in [-0.25, -0.2) is 8.42 Å². The molecule has 0 spiro atoms. The lowest BCUT2D eigenvalue weighted by Crippen LogP contribution is -2.32. The van der Waals surface area contributed by atoms with E-state index in [0.29, 0.717) is 24.5 Å². The Morgan fingerprint density at radius 3 is 2.68 bits per heavy atom. The number of amides is 1. The SMILES string of the molecule is CS(=O)(=O)C1CCN(C(=O)Cc2ccccc2Cl)C1. The fourth-order valence-electron chi connectivity index (χ4n) is 2.22. The molecule has 104 valence electrons. The van der Waals surface area contributed by atoms with Crippen LogP contribution < -0.4 is 0 Å². The minimum atomic E-state index is -3.07. The fourth-order valence-corrected chi connectivity index (χ4v) is 3.41. The average Bonchev–Trinajstić information content (AvgIpc) is 2.81. The number of rotatable bonds is 3. The molecule has 19 heavy (non-hydrogen) atoms. The average molecular weight is 302 g/mol. The molecule has 1 fully saturated rings. The zero-order valence-electron chi connectivity index (χ0n) is 10.7. The minimum absolute atomic E-state index is 0.0701. The molecule has 1 heterocycles. The molecule has 1 aliphatic rings. The molecule has 0 radical (unpaired) electrons. The summed E-state index contributed by atoms with van der Waals surface area (Å²) >= 11 is 6.01. The van der Waals surface area contributed by atoms with Crippen molar-refractivity contribution in [1.82, 2.24) is 4.90 Å². The highest BCUT2D eigenvalue weighted by molar-refractivity contribution is 7.91. The predicted molar refractivity (Wildman–Crippen MR) is 75.0 cm³/mol. The highest BCUT2D eigenvalue weighted by Crippen LogP contribution is 2.20. The van der Waals surface area contributed by atoms with E-state index in [1.54, 1.807) is 11.0 Å². The first-order chi connectivity index (χ1) is 8.88. The highest BCUT2D eigenvalue weighted by Gasteiger charge is 2.32. The molecular weight excluding hydrogens is 286 g/mol. The number of benzene rings is 1. The van der Waals surface area contributed by atoms with Gasteiger partial charge >= 0.3 is 0 Å². The lowest BCUT2D eigenvalue weighted by atomic mass is 10.1. The Morgan fingerprint density at radius 2 is 2.11 bits per heavy atom. The monoisotopic (exact) mass is 301 g/mol. The standard InChI is InChI=1S/C13H16ClNO3S/c1-19(17,18)11-6-7-15(9-11)13(16)8-10-4-2-3-5-12(10)14/h2-5,11H,6-9H2,1H3. The first-order valence-corrected chi connectivity index (χ1v) is 8.41. The van der Waals surface area contributed by atoms with Gasteiger partial charge in [0, 0.05) is 24.4 Å². The molecule has 1 saturated heterocycles. The van der Waals surface area contributed by atoms with Crippen molar-refractivity contribution in [3.8, 4) is 0 Å². The largest absolute Gasteiger partial charge is 0.341 e. The second-order valence-corrected chi connectivity index (χ2v) is 7.58. The molecule has 0 saturated carbocycles. The van der Waals surface area contributed by atoms with Crippen molar-refractivity contribution in [2.75, 3.05) is 19.3 Å². The first kappa shape index (κ1) is 14.3. The molecule has 2 rings (SSSR count). The third-order valence-electron chi connectivity index (χ3n) is 3.40. The summed E-state index contributed by atoms with van der Waals surface area (Å²) in [6.07, 6.45) is 1.96. The van der Waals surface area contributed by atoms with Crippen molar-refractivity contribution < 1.29 is 13.2 Å². The number of sulfone groups is 1. The maximum absolute atomic E-state index is 12.1. The summed E-state index contributed by atoms with van der Waals surface area (Å²) in [5.41, 5.74) is 0.775. The van der Waals surface area contributed by atoms with Gasteiger partial charge in [0.25, 0.3) is 0 Å². The van der Waals surface area contributed by atoms with Crippen LogP contribution in [0.4, 0.5) is 0 Å². The lowest BCUT2D eigenvalue weighted by molar-refractivity contribution is -0.129. The maximum Gasteiger partial charge on any atom is 0.227 e. The Balaban J connectivity index is 2.01. The Bertz CT molecular complexity index is 585. The number of hydrogen-bond acceptors (Lipinski definition) is 3. The van der Waals surface area contributed by atoms with Crippen LogP contribution in [-0.4, -0.2) is 43.8 Å². The number of halogens is 1. The van der Waals surface area contributed by atoms with E-state index in [1.165, 1.54) is 6.26 Å². The number of carbonyl (C=O) groups excluding carboxylic acids is 1. The van der Waals surface area contributed by atoms with Crippen LogP contribution in [-0.2, 0) is 21.1 Å². The number of nitrogens with zero attached hydrogens (tertiary/aromatic N) is 1. The van der Waals surface area contributed by atoms with Gasteiger partial charge in [-0.3, -0.25) is 4.79 Å². The van der Waals surface area contributed by atoms with E-state index in [4.69, 9.17) is 11.6 Å². The predicted octanol–water partition coefficient (Wildman–Crippen LogP) is 1.53. The lowest BCUT2D eigenvalue weighted by Gasteiger charge is -2.16. The van der Waals surface area contributed by atoms with Crippen molar-refractivity contribution in [1.29, 1.82) is 0 Å². The van der Waals surface area contributed by atoms with Gasteiger partial charge < -0.3 is 4.90 Å². The fraction of sp³-hybridized carbons (Fsp3) is 0.462. The van der Waals surface area contributed by atoms with Gasteiger partial charge in [-0.15, -0.1) is 0 Å². The van der Waals surface area contributed by atoms with Crippen LogP contribution in [0.5, 0.6) is 0 Å². The molecule has 0 aromatic heterocycles. The molecule has 1 aliphatic heterocycles. The summed E-state index contributed by atoms with van der Waals surface area (Å²) in [7, 11) is -3.07. The summed E-state index contributed by atoms with van der Waals surface area (Å²) in [6, 6.07) is 7.20. The first-order valence-electron chi connectivity index (χ1n) is 6.08. The van der Waals surface area contributed by atoms with Crippen molar-refractivity contribution in [3.05, 3.63) is 34.9 Å². The number of carbonyl (C=O) groups is 1. The molecule has 1 aromatic carbocycles. The van der Waals surface area contributed by atoms with E-state index >= 15 is 0 Å². The third kappa shape index (κ3) is 3.48. The van der Waals surface area contributed by atoms with E-state index in [2.05, 4.69) is 0 Å². The molecule has 0 N–H and O–H groups in total. The van der Waals surface area contributed by atoms with Crippen LogP contribution in [0.1, 0.15) is 12.0 Å². The molecule has 1 atom stereocenters. The number of likely N-dealkylation sites (tertiary alicyclic amines) is 1. The van der Waals surface area contributed by atoms with Crippen LogP contribution in [0.2, 0.25) is 5.02 Å². The van der Waals surface area contributed by atoms with E-state index in [-0.39, 0.29) is 12.3 Å². The molecule has 0 aliphatic carbocycles. The van der Waals surface area contributed by atoms with E-state index in [1.807, 2.05) is 18.2 Å². The summed E-state index contributed by atoms with van der Waals surface area (Å²) < 4.78 is 22.9. The Labute approximate surface area is 118 Å². The third-order valence-corrected chi connectivity index (χ3v) is 5.37. The van der Waals surface area contributed by atoms with Gasteiger partial charge in [-0.2, -0.15) is 0 Å². The summed E-state index contributed by atoms with van der Waals surface area (Å²) in [5.74, 6) is -0.0701. The Kier molecular flexibility index (Phi) is 4.16. The normalized spacial score (nSPS) is 19.7. The van der Waals surface area contributed by atoms with E-state index in [0.717, 1.165) is 5.56 Å². The van der Waals surface area contributed by atoms with Gasteiger partial charge in [-0.05, 0) is 18.1 Å². The second kappa shape index (κ2) is 5.51. The zero-order chi connectivity index (χ0) is 14.0. The van der Waals surface area contributed by atoms with Gasteiger partial charge in [0.05, 0.1) is 11.7 Å². The van der Waals surface area contributed by atoms with E-state index in [9.17, 15) is 13.2 Å². The zero-order valence-corrected chi connectivity index (χ0v) is 12.2.